The number of hydrogen-bond donors (Lipinski definition) is 0. The van der Waals surface area contributed by atoms with Gasteiger partial charge in [-0.05, 0) is 37.3 Å². The molecule has 1 saturated carbocycles. The summed E-state index contributed by atoms with van der Waals surface area (Å²) in [5.74, 6) is 1.66. The first-order valence-electron chi connectivity index (χ1n) is 7.27. The molecule has 116 valence electrons. The van der Waals surface area contributed by atoms with Crippen LogP contribution in [-0.2, 0) is 20.8 Å². The van der Waals surface area contributed by atoms with E-state index in [4.69, 9.17) is 26.8 Å². The van der Waals surface area contributed by atoms with Crippen molar-refractivity contribution < 1.29 is 25.6 Å². The second-order valence-corrected chi connectivity index (χ2v) is 9.11. The Labute approximate surface area is 146 Å². The van der Waals surface area contributed by atoms with Crippen LogP contribution in [0.3, 0.4) is 0 Å². The average Bonchev–Trinajstić information content (AvgIpc) is 2.47. The van der Waals surface area contributed by atoms with Crippen LogP contribution in [0.5, 0.6) is 5.75 Å². The van der Waals surface area contributed by atoms with Gasteiger partial charge in [-0.25, -0.2) is 0 Å². The van der Waals surface area contributed by atoms with E-state index in [1.54, 1.807) is 7.11 Å². The van der Waals surface area contributed by atoms with Crippen LogP contribution in [0.15, 0.2) is 23.2 Å². The Morgan fingerprint density at radius 3 is 2.57 bits per heavy atom. The van der Waals surface area contributed by atoms with E-state index in [1.807, 2.05) is 6.21 Å². The van der Waals surface area contributed by atoms with Crippen LogP contribution >= 0.6 is 17.0 Å². The van der Waals surface area contributed by atoms with Crippen molar-refractivity contribution in [2.24, 2.45) is 10.9 Å². The number of rotatable bonds is 3. The summed E-state index contributed by atoms with van der Waals surface area (Å²) in [6.07, 6.45) is 7.22. The number of hydrogen-bond acceptors (Lipinski definition) is 2. The Morgan fingerprint density at radius 1 is 1.29 bits per heavy atom. The van der Waals surface area contributed by atoms with Crippen LogP contribution < -0.4 is 4.74 Å². The maximum absolute atomic E-state index is 5.45. The average molecular weight is 407 g/mol. The molecular formula is C16H23Cl2NOZr. The molecule has 21 heavy (non-hydrogen) atoms. The monoisotopic (exact) mass is 405 g/mol. The van der Waals surface area contributed by atoms with E-state index in [1.165, 1.54) is 25.7 Å². The summed E-state index contributed by atoms with van der Waals surface area (Å²) in [6, 6.07) is 6.69. The summed E-state index contributed by atoms with van der Waals surface area (Å²) >= 11 is -0.826. The summed E-state index contributed by atoms with van der Waals surface area (Å²) < 4.78 is 5.45. The molecule has 1 aromatic carbocycles. The van der Waals surface area contributed by atoms with Gasteiger partial charge in [-0.1, -0.05) is 31.9 Å². The molecule has 0 radical (unpaired) electrons. The Hall–Kier alpha value is 0.153. The summed E-state index contributed by atoms with van der Waals surface area (Å²) in [5, 5.41) is 0. The molecule has 1 aliphatic carbocycles. The number of aliphatic imine (C=N–C) groups is 1. The third-order valence-electron chi connectivity index (χ3n) is 3.92. The summed E-state index contributed by atoms with van der Waals surface area (Å²) in [7, 11) is 11.6. The second kappa shape index (κ2) is 10.8. The van der Waals surface area contributed by atoms with Gasteiger partial charge in [0.25, 0.3) is 0 Å². The first-order valence-corrected chi connectivity index (χ1v) is 13.6. The van der Waals surface area contributed by atoms with Gasteiger partial charge in [0.05, 0.1) is 13.2 Å². The van der Waals surface area contributed by atoms with E-state index in [9.17, 15) is 0 Å². The van der Waals surface area contributed by atoms with Crippen molar-refractivity contribution in [1.29, 1.82) is 0 Å². The molecule has 2 atom stereocenters. The molecule has 2 rings (SSSR count). The predicted molar refractivity (Wildman–Crippen MR) is 88.5 cm³/mol. The van der Waals surface area contributed by atoms with Crippen molar-refractivity contribution in [1.82, 2.24) is 0 Å². The van der Waals surface area contributed by atoms with Crippen LogP contribution in [0.25, 0.3) is 0 Å². The van der Waals surface area contributed by atoms with Gasteiger partial charge in [0, 0.05) is 11.8 Å². The number of ether oxygens (including phenoxy) is 1. The summed E-state index contributed by atoms with van der Waals surface area (Å²) in [5.41, 5.74) is 2.26. The van der Waals surface area contributed by atoms with E-state index in [0.29, 0.717) is 12.0 Å². The standard InChI is InChI=1S/C16H23NO.2ClH.Zr/c1-12-7-4-5-10-15(12)17-11-14-9-6-8-13(2)16(14)18-3;;;/h6,8-9,11-12,15H,4-5,7,10H2,1-3H3;2*1H;/q;;;+2/p-2. The van der Waals surface area contributed by atoms with Crippen molar-refractivity contribution in [2.75, 3.05) is 7.11 Å². The fourth-order valence-electron chi connectivity index (χ4n) is 2.75. The Kier molecular flexibility index (Phi) is 9.88. The summed E-state index contributed by atoms with van der Waals surface area (Å²) in [4.78, 5) is 4.78. The normalized spacial score (nSPS) is 21.6. The van der Waals surface area contributed by atoms with Crippen molar-refractivity contribution in [3.05, 3.63) is 29.3 Å². The number of benzene rings is 1. The fraction of sp³-hybridized carbons (Fsp3) is 0.562. The molecule has 2 nitrogen and oxygen atoms in total. The molecule has 0 N–H and O–H groups in total. The molecule has 0 spiro atoms. The van der Waals surface area contributed by atoms with Crippen LogP contribution in [0.2, 0.25) is 0 Å². The maximum atomic E-state index is 5.45. The Balaban J connectivity index is 0.000000677. The molecule has 0 amide bonds. The van der Waals surface area contributed by atoms with Gasteiger partial charge < -0.3 is 4.74 Å². The first-order chi connectivity index (χ1) is 10.1. The van der Waals surface area contributed by atoms with E-state index >= 15 is 0 Å². The molecule has 0 heterocycles. The van der Waals surface area contributed by atoms with Crippen LogP contribution in [0.4, 0.5) is 0 Å². The second-order valence-electron chi connectivity index (χ2n) is 5.38. The quantitative estimate of drug-likeness (QED) is 0.617. The topological polar surface area (TPSA) is 21.6 Å². The molecule has 0 aliphatic heterocycles. The van der Waals surface area contributed by atoms with E-state index in [0.717, 1.165) is 16.9 Å². The number of halogens is 2. The molecule has 1 aliphatic rings. The molecule has 0 saturated heterocycles. The third kappa shape index (κ3) is 6.42. The zero-order chi connectivity index (χ0) is 15.7. The fourth-order valence-corrected chi connectivity index (χ4v) is 2.75. The van der Waals surface area contributed by atoms with Gasteiger partial charge in [0.1, 0.15) is 5.75 Å². The van der Waals surface area contributed by atoms with Crippen LogP contribution in [0.1, 0.15) is 43.7 Å². The molecular weight excluding hydrogens is 384 g/mol. The van der Waals surface area contributed by atoms with Crippen molar-refractivity contribution >= 4 is 23.2 Å². The van der Waals surface area contributed by atoms with Gasteiger partial charge in [-0.2, -0.15) is 0 Å². The van der Waals surface area contributed by atoms with Crippen LogP contribution in [0, 0.1) is 12.8 Å². The Bertz CT molecular complexity index is 454. The van der Waals surface area contributed by atoms with E-state index < -0.39 is 20.8 Å². The van der Waals surface area contributed by atoms with Gasteiger partial charge in [-0.15, -0.1) is 0 Å². The third-order valence-corrected chi connectivity index (χ3v) is 3.92. The van der Waals surface area contributed by atoms with E-state index in [2.05, 4.69) is 32.0 Å². The van der Waals surface area contributed by atoms with E-state index in [-0.39, 0.29) is 0 Å². The summed E-state index contributed by atoms with van der Waals surface area (Å²) in [6.45, 7) is 4.38. The number of nitrogens with zero attached hydrogens (tertiary/aromatic N) is 1. The first kappa shape index (κ1) is 19.2. The molecule has 1 aromatic rings. The number of para-hydroxylation sites is 1. The van der Waals surface area contributed by atoms with Gasteiger partial charge in [0.15, 0.2) is 0 Å². The number of aryl methyl sites for hydroxylation is 1. The molecule has 1 fully saturated rings. The minimum atomic E-state index is -0.826. The van der Waals surface area contributed by atoms with Crippen molar-refractivity contribution in [3.8, 4) is 5.75 Å². The SMILES string of the molecule is COc1c(C)cccc1C=NC1CCCCC1C.[Cl][Zr][Cl]. The number of methoxy groups -OCH3 is 1. The molecule has 5 heteroatoms. The minimum absolute atomic E-state index is 0.490. The van der Waals surface area contributed by atoms with Crippen molar-refractivity contribution in [3.63, 3.8) is 0 Å². The molecule has 0 aromatic heterocycles. The zero-order valence-electron chi connectivity index (χ0n) is 12.9. The zero-order valence-corrected chi connectivity index (χ0v) is 16.9. The van der Waals surface area contributed by atoms with Gasteiger partial charge >= 0.3 is 37.9 Å². The predicted octanol–water partition coefficient (Wildman–Crippen LogP) is 5.38. The van der Waals surface area contributed by atoms with Crippen LogP contribution in [-0.4, -0.2) is 19.4 Å². The Morgan fingerprint density at radius 2 is 1.95 bits per heavy atom. The molecule has 0 bridgehead atoms. The van der Waals surface area contributed by atoms with Gasteiger partial charge in [-0.3, -0.25) is 4.99 Å². The molecule has 2 unspecified atom stereocenters. The van der Waals surface area contributed by atoms with Crippen molar-refractivity contribution in [2.45, 2.75) is 45.6 Å². The van der Waals surface area contributed by atoms with Gasteiger partial charge in [0.2, 0.25) is 0 Å².